The number of urea groups is 1. The summed E-state index contributed by atoms with van der Waals surface area (Å²) >= 11 is 0. The zero-order valence-corrected chi connectivity index (χ0v) is 14.3. The minimum atomic E-state index is 0.0652. The molecule has 6 nitrogen and oxygen atoms in total. The summed E-state index contributed by atoms with van der Waals surface area (Å²) in [5.74, 6) is 0. The molecule has 1 aromatic heterocycles. The van der Waals surface area contributed by atoms with E-state index in [0.29, 0.717) is 6.04 Å². The highest BCUT2D eigenvalue weighted by molar-refractivity contribution is 5.74. The number of carbonyl (C=O) groups is 1. The minimum absolute atomic E-state index is 0.0652. The van der Waals surface area contributed by atoms with Crippen molar-refractivity contribution in [3.8, 4) is 0 Å². The molecule has 2 N–H and O–H groups in total. The van der Waals surface area contributed by atoms with Crippen molar-refractivity contribution in [1.82, 2.24) is 25.3 Å². The first-order valence-corrected chi connectivity index (χ1v) is 8.95. The molecule has 0 bridgehead atoms. The number of piperidine rings is 1. The lowest BCUT2D eigenvalue weighted by Gasteiger charge is -2.35. The highest BCUT2D eigenvalue weighted by atomic mass is 16.2. The van der Waals surface area contributed by atoms with Crippen molar-refractivity contribution in [1.29, 1.82) is 0 Å². The highest BCUT2D eigenvalue weighted by Crippen LogP contribution is 2.30. The third-order valence-electron chi connectivity index (χ3n) is 4.99. The summed E-state index contributed by atoms with van der Waals surface area (Å²) in [5.41, 5.74) is 1.11. The van der Waals surface area contributed by atoms with E-state index in [1.54, 1.807) is 0 Å². The molecule has 2 amide bonds. The second kappa shape index (κ2) is 7.34. The molecule has 2 fully saturated rings. The molecule has 0 aromatic carbocycles. The molecule has 128 valence electrons. The summed E-state index contributed by atoms with van der Waals surface area (Å²) in [7, 11) is 0. The summed E-state index contributed by atoms with van der Waals surface area (Å²) in [6.45, 7) is 6.97. The predicted molar refractivity (Wildman–Crippen MR) is 90.1 cm³/mol. The van der Waals surface area contributed by atoms with Crippen LogP contribution in [0.1, 0.15) is 57.6 Å². The van der Waals surface area contributed by atoms with Crippen molar-refractivity contribution >= 4 is 6.03 Å². The normalized spacial score (nSPS) is 21.9. The van der Waals surface area contributed by atoms with Crippen LogP contribution in [0.3, 0.4) is 0 Å². The molecule has 0 spiro atoms. The average Bonchev–Trinajstić information content (AvgIpc) is 3.23. The summed E-state index contributed by atoms with van der Waals surface area (Å²) in [6.07, 6.45) is 9.63. The highest BCUT2D eigenvalue weighted by Gasteiger charge is 2.31. The van der Waals surface area contributed by atoms with Crippen LogP contribution in [-0.2, 0) is 0 Å². The van der Waals surface area contributed by atoms with Crippen LogP contribution in [0.4, 0.5) is 4.79 Å². The number of aromatic nitrogens is 2. The fourth-order valence-electron chi connectivity index (χ4n) is 3.63. The van der Waals surface area contributed by atoms with Crippen molar-refractivity contribution in [3.63, 3.8) is 0 Å². The summed E-state index contributed by atoms with van der Waals surface area (Å²) in [5, 5.41) is 10.0. The van der Waals surface area contributed by atoms with Gasteiger partial charge in [-0.15, -0.1) is 0 Å². The van der Waals surface area contributed by atoms with Gasteiger partial charge in [0.15, 0.2) is 0 Å². The third-order valence-corrected chi connectivity index (χ3v) is 4.99. The molecule has 1 saturated heterocycles. The molecular weight excluding hydrogens is 290 g/mol. The number of amides is 2. The number of nitrogens with zero attached hydrogens (tertiary/aromatic N) is 3. The van der Waals surface area contributed by atoms with Crippen LogP contribution in [0.15, 0.2) is 12.4 Å². The van der Waals surface area contributed by atoms with Crippen molar-refractivity contribution in [3.05, 3.63) is 18.0 Å². The number of hydrogen-bond donors (Lipinski definition) is 2. The van der Waals surface area contributed by atoms with Gasteiger partial charge in [-0.2, -0.15) is 5.10 Å². The van der Waals surface area contributed by atoms with Gasteiger partial charge in [-0.1, -0.05) is 0 Å². The molecular formula is C17H29N5O. The smallest absolute Gasteiger partial charge is 0.317 e. The quantitative estimate of drug-likeness (QED) is 0.847. The van der Waals surface area contributed by atoms with Gasteiger partial charge in [0.2, 0.25) is 0 Å². The second-order valence-corrected chi connectivity index (χ2v) is 7.03. The van der Waals surface area contributed by atoms with Gasteiger partial charge in [-0.05, 0) is 46.0 Å². The van der Waals surface area contributed by atoms with E-state index in [9.17, 15) is 4.79 Å². The zero-order chi connectivity index (χ0) is 16.2. The largest absolute Gasteiger partial charge is 0.337 e. The van der Waals surface area contributed by atoms with Gasteiger partial charge in [-0.3, -0.25) is 10.00 Å². The van der Waals surface area contributed by atoms with Crippen molar-refractivity contribution in [2.24, 2.45) is 0 Å². The molecule has 23 heavy (non-hydrogen) atoms. The zero-order valence-electron chi connectivity index (χ0n) is 14.3. The maximum absolute atomic E-state index is 12.6. The Morgan fingerprint density at radius 1 is 1.43 bits per heavy atom. The molecule has 1 aliphatic heterocycles. The topological polar surface area (TPSA) is 64.3 Å². The van der Waals surface area contributed by atoms with E-state index in [1.165, 1.54) is 19.3 Å². The van der Waals surface area contributed by atoms with E-state index in [2.05, 4.69) is 34.3 Å². The summed E-state index contributed by atoms with van der Waals surface area (Å²) in [6, 6.07) is 1.51. The number of nitrogens with one attached hydrogen (secondary N) is 2. The van der Waals surface area contributed by atoms with Crippen LogP contribution in [-0.4, -0.2) is 57.7 Å². The van der Waals surface area contributed by atoms with E-state index in [-0.39, 0.29) is 12.1 Å². The van der Waals surface area contributed by atoms with Crippen LogP contribution in [0, 0.1) is 0 Å². The van der Waals surface area contributed by atoms with Crippen molar-refractivity contribution in [2.75, 3.05) is 19.6 Å². The van der Waals surface area contributed by atoms with Crippen LogP contribution in [0.5, 0.6) is 0 Å². The monoisotopic (exact) mass is 319 g/mol. The Bertz CT molecular complexity index is 495. The number of rotatable bonds is 6. The molecule has 1 unspecified atom stereocenters. The molecule has 1 aliphatic carbocycles. The SMILES string of the molecule is CC(C)N(CCNC(=O)N1CCCCC1c1cn[nH]c1)C1CC1. The Morgan fingerprint density at radius 2 is 2.26 bits per heavy atom. The fourth-order valence-corrected chi connectivity index (χ4v) is 3.63. The molecule has 1 atom stereocenters. The van der Waals surface area contributed by atoms with E-state index >= 15 is 0 Å². The van der Waals surface area contributed by atoms with Crippen LogP contribution in [0.25, 0.3) is 0 Å². The Kier molecular flexibility index (Phi) is 5.20. The Balaban J connectivity index is 1.52. The minimum Gasteiger partial charge on any atom is -0.337 e. The lowest BCUT2D eigenvalue weighted by molar-refractivity contribution is 0.148. The summed E-state index contributed by atoms with van der Waals surface area (Å²) in [4.78, 5) is 17.1. The fraction of sp³-hybridized carbons (Fsp3) is 0.765. The molecule has 2 aliphatic rings. The molecule has 2 heterocycles. The van der Waals surface area contributed by atoms with Gasteiger partial charge in [0.05, 0.1) is 12.2 Å². The van der Waals surface area contributed by atoms with Gasteiger partial charge < -0.3 is 10.2 Å². The maximum Gasteiger partial charge on any atom is 0.317 e. The first-order chi connectivity index (χ1) is 11.2. The van der Waals surface area contributed by atoms with Gasteiger partial charge >= 0.3 is 6.03 Å². The molecule has 1 saturated carbocycles. The number of hydrogen-bond acceptors (Lipinski definition) is 3. The van der Waals surface area contributed by atoms with Crippen LogP contribution in [0.2, 0.25) is 0 Å². The van der Waals surface area contributed by atoms with E-state index < -0.39 is 0 Å². The van der Waals surface area contributed by atoms with Crippen molar-refractivity contribution < 1.29 is 4.79 Å². The lowest BCUT2D eigenvalue weighted by Crippen LogP contribution is -2.47. The molecule has 0 radical (unpaired) electrons. The first-order valence-electron chi connectivity index (χ1n) is 8.95. The number of aromatic amines is 1. The van der Waals surface area contributed by atoms with E-state index in [4.69, 9.17) is 0 Å². The van der Waals surface area contributed by atoms with Gasteiger partial charge in [0, 0.05) is 43.5 Å². The Morgan fingerprint density at radius 3 is 2.91 bits per heavy atom. The van der Waals surface area contributed by atoms with Crippen LogP contribution >= 0.6 is 0 Å². The number of H-pyrrole nitrogens is 1. The third kappa shape index (κ3) is 4.05. The Labute approximate surface area is 138 Å². The number of carbonyl (C=O) groups excluding carboxylic acids is 1. The number of likely N-dealkylation sites (tertiary alicyclic amines) is 1. The standard InChI is InChI=1S/C17H29N5O/c1-13(2)21(15-6-7-15)10-8-18-17(23)22-9-4-3-5-16(22)14-11-19-20-12-14/h11-13,15-16H,3-10H2,1-2H3,(H,18,23)(H,19,20). The molecule has 3 rings (SSSR count). The van der Waals surface area contributed by atoms with Crippen molar-refractivity contribution in [2.45, 2.75) is 64.1 Å². The second-order valence-electron chi connectivity index (χ2n) is 7.03. The summed E-state index contributed by atoms with van der Waals surface area (Å²) < 4.78 is 0. The average molecular weight is 319 g/mol. The lowest BCUT2D eigenvalue weighted by atomic mass is 9.98. The first kappa shape index (κ1) is 16.3. The van der Waals surface area contributed by atoms with Gasteiger partial charge in [-0.25, -0.2) is 4.79 Å². The Hall–Kier alpha value is -1.56. The van der Waals surface area contributed by atoms with E-state index in [1.807, 2.05) is 17.3 Å². The maximum atomic E-state index is 12.6. The van der Waals surface area contributed by atoms with E-state index in [0.717, 1.165) is 44.1 Å². The van der Waals surface area contributed by atoms with Gasteiger partial charge in [0.1, 0.15) is 0 Å². The predicted octanol–water partition coefficient (Wildman–Crippen LogP) is 2.52. The van der Waals surface area contributed by atoms with Crippen LogP contribution < -0.4 is 5.32 Å². The molecule has 6 heteroatoms. The van der Waals surface area contributed by atoms with Gasteiger partial charge in [0.25, 0.3) is 0 Å². The molecule has 1 aromatic rings.